The average molecular weight is 196 g/mol. The number of carbonyl (C=O) groups is 1. The highest BCUT2D eigenvalue weighted by Gasteiger charge is 2.59. The zero-order valence-corrected chi connectivity index (χ0v) is 9.38. The summed E-state index contributed by atoms with van der Waals surface area (Å²) in [5.74, 6) is 2.29. The molecule has 0 aromatic heterocycles. The van der Waals surface area contributed by atoms with E-state index in [0.717, 1.165) is 11.8 Å². The van der Waals surface area contributed by atoms with E-state index in [1.165, 1.54) is 12.8 Å². The molecule has 2 bridgehead atoms. The van der Waals surface area contributed by atoms with Crippen LogP contribution in [0.5, 0.6) is 0 Å². The molecule has 0 radical (unpaired) electrons. The van der Waals surface area contributed by atoms with E-state index in [1.807, 2.05) is 6.92 Å². The number of carbonyl (C=O) groups excluding carboxylic acids is 1. The highest BCUT2D eigenvalue weighted by Crippen LogP contribution is 2.66. The highest BCUT2D eigenvalue weighted by atomic mass is 16.5. The van der Waals surface area contributed by atoms with Gasteiger partial charge in [0, 0.05) is 6.42 Å². The fourth-order valence-corrected chi connectivity index (χ4v) is 3.50. The Morgan fingerprint density at radius 2 is 2.29 bits per heavy atom. The molecule has 2 nitrogen and oxygen atoms in total. The average Bonchev–Trinajstić information content (AvgIpc) is 2.56. The lowest BCUT2D eigenvalue weighted by Crippen LogP contribution is -2.38. The third kappa shape index (κ3) is 1.27. The molecule has 0 aliphatic heterocycles. The number of ether oxygens (including phenoxy) is 1. The van der Waals surface area contributed by atoms with Crippen LogP contribution in [0, 0.1) is 23.2 Å². The Kier molecular flexibility index (Phi) is 2.32. The number of hydrogen-bond donors (Lipinski definition) is 0. The molecule has 80 valence electrons. The van der Waals surface area contributed by atoms with E-state index in [1.54, 1.807) is 0 Å². The molecular weight excluding hydrogens is 176 g/mol. The molecule has 0 heterocycles. The second kappa shape index (κ2) is 3.25. The van der Waals surface area contributed by atoms with Crippen molar-refractivity contribution in [2.45, 2.75) is 40.0 Å². The molecule has 3 aliphatic carbocycles. The van der Waals surface area contributed by atoms with E-state index < -0.39 is 0 Å². The summed E-state index contributed by atoms with van der Waals surface area (Å²) in [7, 11) is 0. The Balaban J connectivity index is 1.92. The van der Waals surface area contributed by atoms with Crippen LogP contribution in [0.1, 0.15) is 40.0 Å². The summed E-state index contributed by atoms with van der Waals surface area (Å²) < 4.78 is 5.01. The van der Waals surface area contributed by atoms with Crippen molar-refractivity contribution in [3.05, 3.63) is 0 Å². The van der Waals surface area contributed by atoms with Crippen LogP contribution in [-0.4, -0.2) is 12.6 Å². The van der Waals surface area contributed by atoms with Crippen molar-refractivity contribution in [2.75, 3.05) is 6.61 Å². The third-order valence-corrected chi connectivity index (χ3v) is 4.69. The minimum atomic E-state index is -0.00141. The molecule has 0 aromatic carbocycles. The lowest BCUT2D eigenvalue weighted by Gasteiger charge is -2.45. The molecule has 0 unspecified atom stereocenters. The van der Waals surface area contributed by atoms with Crippen LogP contribution in [0.2, 0.25) is 0 Å². The van der Waals surface area contributed by atoms with Gasteiger partial charge in [-0.3, -0.25) is 4.79 Å². The van der Waals surface area contributed by atoms with Gasteiger partial charge in [0.15, 0.2) is 0 Å². The van der Waals surface area contributed by atoms with Crippen molar-refractivity contribution in [1.82, 2.24) is 0 Å². The molecule has 0 amide bonds. The second-order valence-electron chi connectivity index (χ2n) is 5.20. The van der Waals surface area contributed by atoms with Crippen LogP contribution in [0.25, 0.3) is 0 Å². The normalized spacial score (nSPS) is 44.6. The molecule has 3 saturated carbocycles. The first kappa shape index (κ1) is 10.0. The quantitative estimate of drug-likeness (QED) is 0.649. The Hall–Kier alpha value is -0.530. The monoisotopic (exact) mass is 196 g/mol. The summed E-state index contributed by atoms with van der Waals surface area (Å²) in [6, 6.07) is 0. The first-order valence-corrected chi connectivity index (χ1v) is 5.73. The van der Waals surface area contributed by atoms with Gasteiger partial charge in [-0.2, -0.15) is 0 Å². The summed E-state index contributed by atoms with van der Waals surface area (Å²) in [5, 5.41) is 0. The zero-order valence-electron chi connectivity index (χ0n) is 9.38. The van der Waals surface area contributed by atoms with Crippen LogP contribution in [0.15, 0.2) is 0 Å². The molecule has 3 fully saturated rings. The maximum atomic E-state index is 11.4. The minimum absolute atomic E-state index is 0.00141. The predicted octanol–water partition coefficient (Wildman–Crippen LogP) is 2.62. The molecule has 2 heteroatoms. The lowest BCUT2D eigenvalue weighted by atomic mass is 9.60. The SMILES string of the molecule is CCOC(=O)C[C@H]1C[C@@H]2C[C@@]1(C)[C@H]2C. The lowest BCUT2D eigenvalue weighted by molar-refractivity contribution is -0.145. The van der Waals surface area contributed by atoms with Gasteiger partial charge in [-0.15, -0.1) is 0 Å². The first-order valence-electron chi connectivity index (χ1n) is 5.73. The number of esters is 1. The van der Waals surface area contributed by atoms with Crippen LogP contribution in [-0.2, 0) is 9.53 Å². The van der Waals surface area contributed by atoms with Gasteiger partial charge in [-0.25, -0.2) is 0 Å². The maximum Gasteiger partial charge on any atom is 0.306 e. The van der Waals surface area contributed by atoms with Gasteiger partial charge in [-0.05, 0) is 42.9 Å². The van der Waals surface area contributed by atoms with Gasteiger partial charge in [0.05, 0.1) is 6.61 Å². The summed E-state index contributed by atoms with van der Waals surface area (Å²) >= 11 is 0. The molecule has 4 atom stereocenters. The van der Waals surface area contributed by atoms with E-state index in [4.69, 9.17) is 4.74 Å². The van der Waals surface area contributed by atoms with Crippen molar-refractivity contribution in [3.63, 3.8) is 0 Å². The van der Waals surface area contributed by atoms with E-state index in [0.29, 0.717) is 24.4 Å². The highest BCUT2D eigenvalue weighted by molar-refractivity contribution is 5.70. The summed E-state index contributed by atoms with van der Waals surface area (Å²) in [4.78, 5) is 11.4. The zero-order chi connectivity index (χ0) is 10.3. The molecule has 0 saturated heterocycles. The number of fused-ring (bicyclic) bond motifs is 1. The summed E-state index contributed by atoms with van der Waals surface area (Å²) in [6.07, 6.45) is 3.22. The standard InChI is InChI=1S/C12H20O2/c1-4-14-11(13)6-10-5-9-7-12(10,3)8(9)2/h8-10H,4-7H2,1-3H3/t8-,9+,10+,12-/m0/s1. The van der Waals surface area contributed by atoms with Gasteiger partial charge >= 0.3 is 5.97 Å². The molecule has 0 spiro atoms. The van der Waals surface area contributed by atoms with Gasteiger partial charge in [0.2, 0.25) is 0 Å². The Morgan fingerprint density at radius 1 is 1.57 bits per heavy atom. The van der Waals surface area contributed by atoms with Gasteiger partial charge in [0.1, 0.15) is 0 Å². The largest absolute Gasteiger partial charge is 0.466 e. The van der Waals surface area contributed by atoms with Crippen molar-refractivity contribution < 1.29 is 9.53 Å². The van der Waals surface area contributed by atoms with E-state index in [9.17, 15) is 4.79 Å². The third-order valence-electron chi connectivity index (χ3n) is 4.69. The Labute approximate surface area is 86.0 Å². The van der Waals surface area contributed by atoms with Gasteiger partial charge in [-0.1, -0.05) is 13.8 Å². The molecular formula is C12H20O2. The van der Waals surface area contributed by atoms with Crippen molar-refractivity contribution in [2.24, 2.45) is 23.2 Å². The molecule has 3 rings (SSSR count). The maximum absolute atomic E-state index is 11.4. The van der Waals surface area contributed by atoms with E-state index in [2.05, 4.69) is 13.8 Å². The minimum Gasteiger partial charge on any atom is -0.466 e. The topological polar surface area (TPSA) is 26.3 Å². The van der Waals surface area contributed by atoms with Crippen LogP contribution < -0.4 is 0 Å². The molecule has 0 N–H and O–H groups in total. The molecule has 3 aliphatic rings. The predicted molar refractivity (Wildman–Crippen MR) is 54.7 cm³/mol. The summed E-state index contributed by atoms with van der Waals surface area (Å²) in [5.41, 5.74) is 0.442. The molecule has 14 heavy (non-hydrogen) atoms. The van der Waals surface area contributed by atoms with Crippen LogP contribution >= 0.6 is 0 Å². The van der Waals surface area contributed by atoms with Crippen molar-refractivity contribution in [1.29, 1.82) is 0 Å². The number of hydrogen-bond acceptors (Lipinski definition) is 2. The number of rotatable bonds is 3. The van der Waals surface area contributed by atoms with Crippen molar-refractivity contribution in [3.8, 4) is 0 Å². The fourth-order valence-electron chi connectivity index (χ4n) is 3.50. The second-order valence-corrected chi connectivity index (χ2v) is 5.20. The van der Waals surface area contributed by atoms with Crippen LogP contribution in [0.4, 0.5) is 0 Å². The van der Waals surface area contributed by atoms with Gasteiger partial charge in [0.25, 0.3) is 0 Å². The fraction of sp³-hybridized carbons (Fsp3) is 0.917. The Bertz CT molecular complexity index is 249. The van der Waals surface area contributed by atoms with E-state index >= 15 is 0 Å². The Morgan fingerprint density at radius 3 is 2.71 bits per heavy atom. The van der Waals surface area contributed by atoms with Crippen LogP contribution in [0.3, 0.4) is 0 Å². The van der Waals surface area contributed by atoms with Crippen molar-refractivity contribution >= 4 is 5.97 Å². The molecule has 0 aromatic rings. The first-order chi connectivity index (χ1) is 6.58. The van der Waals surface area contributed by atoms with Gasteiger partial charge < -0.3 is 4.74 Å². The van der Waals surface area contributed by atoms with E-state index in [-0.39, 0.29) is 5.97 Å². The summed E-state index contributed by atoms with van der Waals surface area (Å²) in [6.45, 7) is 7.06. The smallest absolute Gasteiger partial charge is 0.306 e.